The van der Waals surface area contributed by atoms with Crippen molar-refractivity contribution in [3.05, 3.63) is 23.8 Å². The Hall–Kier alpha value is -2.57. The molecule has 0 atom stereocenters. The molecule has 0 radical (unpaired) electrons. The van der Waals surface area contributed by atoms with Crippen LogP contribution in [-0.4, -0.2) is 41.8 Å². The van der Waals surface area contributed by atoms with Gasteiger partial charge >= 0.3 is 0 Å². The highest BCUT2D eigenvalue weighted by Crippen LogP contribution is 2.29. The Morgan fingerprint density at radius 3 is 2.67 bits per heavy atom. The molecule has 0 spiro atoms. The first-order valence-electron chi connectivity index (χ1n) is 6.37. The first-order valence-corrected chi connectivity index (χ1v) is 6.37. The Labute approximate surface area is 122 Å². The van der Waals surface area contributed by atoms with Gasteiger partial charge in [-0.3, -0.25) is 19.7 Å². The number of nitrogens with one attached hydrogen (secondary N) is 1. The molecule has 112 valence electrons. The summed E-state index contributed by atoms with van der Waals surface area (Å²) in [6, 6.07) is 4.82. The summed E-state index contributed by atoms with van der Waals surface area (Å²) in [5, 5.41) is 2.21. The fourth-order valence-corrected chi connectivity index (χ4v) is 2.19. The predicted molar refractivity (Wildman–Crippen MR) is 75.7 cm³/mol. The molecule has 3 amide bonds. The van der Waals surface area contributed by atoms with Crippen molar-refractivity contribution in [2.45, 2.75) is 19.4 Å². The van der Waals surface area contributed by atoms with E-state index in [2.05, 4.69) is 5.32 Å². The van der Waals surface area contributed by atoms with Crippen LogP contribution in [0.2, 0.25) is 0 Å². The van der Waals surface area contributed by atoms with E-state index in [1.807, 2.05) is 0 Å². The SMILES string of the molecule is COc1cccc(N)c1C(=O)N1CC(=O)NC(=O)C1(C)C. The number of rotatable bonds is 2. The second-order valence-electron chi connectivity index (χ2n) is 5.25. The summed E-state index contributed by atoms with van der Waals surface area (Å²) in [6.07, 6.45) is 0. The van der Waals surface area contributed by atoms with Gasteiger partial charge in [0, 0.05) is 5.69 Å². The van der Waals surface area contributed by atoms with E-state index in [1.54, 1.807) is 32.0 Å². The van der Waals surface area contributed by atoms with Crippen LogP contribution < -0.4 is 15.8 Å². The summed E-state index contributed by atoms with van der Waals surface area (Å²) >= 11 is 0. The summed E-state index contributed by atoms with van der Waals surface area (Å²) in [5.74, 6) is -1.27. The van der Waals surface area contributed by atoms with Gasteiger partial charge in [-0.25, -0.2) is 0 Å². The average molecular weight is 291 g/mol. The van der Waals surface area contributed by atoms with Crippen molar-refractivity contribution in [2.24, 2.45) is 0 Å². The fourth-order valence-electron chi connectivity index (χ4n) is 2.19. The third-order valence-electron chi connectivity index (χ3n) is 3.52. The van der Waals surface area contributed by atoms with Gasteiger partial charge < -0.3 is 15.4 Å². The van der Waals surface area contributed by atoms with Crippen LogP contribution in [0.25, 0.3) is 0 Å². The number of benzene rings is 1. The van der Waals surface area contributed by atoms with Gasteiger partial charge in [-0.05, 0) is 26.0 Å². The molecule has 1 fully saturated rings. The number of hydrogen-bond donors (Lipinski definition) is 2. The minimum absolute atomic E-state index is 0.149. The Morgan fingerprint density at radius 2 is 2.05 bits per heavy atom. The summed E-state index contributed by atoms with van der Waals surface area (Å²) in [5.41, 5.74) is 5.07. The predicted octanol–water partition coefficient (Wildman–Crippen LogP) is 0.155. The van der Waals surface area contributed by atoms with E-state index in [9.17, 15) is 14.4 Å². The molecule has 1 aromatic rings. The molecule has 21 heavy (non-hydrogen) atoms. The zero-order valence-electron chi connectivity index (χ0n) is 12.1. The van der Waals surface area contributed by atoms with Gasteiger partial charge in [0.2, 0.25) is 5.91 Å². The van der Waals surface area contributed by atoms with Crippen molar-refractivity contribution in [1.29, 1.82) is 0 Å². The molecular weight excluding hydrogens is 274 g/mol. The fraction of sp³-hybridized carbons (Fsp3) is 0.357. The van der Waals surface area contributed by atoms with Crippen LogP contribution in [0, 0.1) is 0 Å². The third kappa shape index (κ3) is 2.42. The van der Waals surface area contributed by atoms with E-state index in [4.69, 9.17) is 10.5 Å². The molecule has 7 heteroatoms. The maximum atomic E-state index is 12.7. The summed E-state index contributed by atoms with van der Waals surface area (Å²) < 4.78 is 5.15. The molecule has 0 bridgehead atoms. The lowest BCUT2D eigenvalue weighted by Crippen LogP contribution is -2.65. The number of carbonyl (C=O) groups is 3. The second kappa shape index (κ2) is 5.08. The first kappa shape index (κ1) is 14.8. The van der Waals surface area contributed by atoms with Crippen molar-refractivity contribution in [1.82, 2.24) is 10.2 Å². The van der Waals surface area contributed by atoms with Gasteiger partial charge in [-0.2, -0.15) is 0 Å². The number of piperazine rings is 1. The van der Waals surface area contributed by atoms with Crippen molar-refractivity contribution in [3.63, 3.8) is 0 Å². The van der Waals surface area contributed by atoms with Crippen molar-refractivity contribution >= 4 is 23.4 Å². The van der Waals surface area contributed by atoms with Gasteiger partial charge in [0.25, 0.3) is 11.8 Å². The van der Waals surface area contributed by atoms with E-state index in [-0.39, 0.29) is 17.8 Å². The number of anilines is 1. The molecule has 1 heterocycles. The normalized spacial score (nSPS) is 17.4. The second-order valence-corrected chi connectivity index (χ2v) is 5.25. The lowest BCUT2D eigenvalue weighted by Gasteiger charge is -2.40. The highest BCUT2D eigenvalue weighted by Gasteiger charge is 2.44. The van der Waals surface area contributed by atoms with Crippen LogP contribution in [0.3, 0.4) is 0 Å². The number of methoxy groups -OCH3 is 1. The topological polar surface area (TPSA) is 102 Å². The van der Waals surface area contributed by atoms with E-state index >= 15 is 0 Å². The Balaban J connectivity index is 2.48. The molecule has 0 aliphatic carbocycles. The van der Waals surface area contributed by atoms with Crippen LogP contribution in [0.1, 0.15) is 24.2 Å². The molecule has 1 aromatic carbocycles. The molecule has 0 aromatic heterocycles. The van der Waals surface area contributed by atoms with Crippen LogP contribution in [0.4, 0.5) is 5.69 Å². The minimum Gasteiger partial charge on any atom is -0.496 e. The van der Waals surface area contributed by atoms with E-state index in [0.29, 0.717) is 5.75 Å². The molecule has 0 saturated carbocycles. The molecule has 1 aliphatic heterocycles. The van der Waals surface area contributed by atoms with Crippen molar-refractivity contribution in [3.8, 4) is 5.75 Å². The zero-order valence-corrected chi connectivity index (χ0v) is 12.1. The standard InChI is InChI=1S/C14H17N3O4/c1-14(2)13(20)16-10(18)7-17(14)12(19)11-8(15)5-4-6-9(11)21-3/h4-6H,7,15H2,1-3H3,(H,16,18,20). The van der Waals surface area contributed by atoms with Crippen LogP contribution >= 0.6 is 0 Å². The maximum Gasteiger partial charge on any atom is 0.261 e. The maximum absolute atomic E-state index is 12.7. The van der Waals surface area contributed by atoms with E-state index in [0.717, 1.165) is 0 Å². The Kier molecular flexibility index (Phi) is 3.59. The molecule has 1 saturated heterocycles. The number of nitrogens with two attached hydrogens (primary N) is 1. The quantitative estimate of drug-likeness (QED) is 0.597. The van der Waals surface area contributed by atoms with Crippen LogP contribution in [0.15, 0.2) is 18.2 Å². The largest absolute Gasteiger partial charge is 0.496 e. The molecule has 0 unspecified atom stereocenters. The molecule has 7 nitrogen and oxygen atoms in total. The molecule has 2 rings (SSSR count). The van der Waals surface area contributed by atoms with Gasteiger partial charge in [0.1, 0.15) is 23.4 Å². The van der Waals surface area contributed by atoms with E-state index in [1.165, 1.54) is 12.0 Å². The van der Waals surface area contributed by atoms with E-state index < -0.39 is 23.3 Å². The number of carbonyl (C=O) groups excluding carboxylic acids is 3. The van der Waals surface area contributed by atoms with Crippen molar-refractivity contribution < 1.29 is 19.1 Å². The van der Waals surface area contributed by atoms with Crippen molar-refractivity contribution in [2.75, 3.05) is 19.4 Å². The average Bonchev–Trinajstić information content (AvgIpc) is 2.42. The van der Waals surface area contributed by atoms with Crippen LogP contribution in [-0.2, 0) is 9.59 Å². The first-order chi connectivity index (χ1) is 9.78. The monoisotopic (exact) mass is 291 g/mol. The highest BCUT2D eigenvalue weighted by molar-refractivity contribution is 6.11. The van der Waals surface area contributed by atoms with Gasteiger partial charge in [-0.1, -0.05) is 6.07 Å². The number of imide groups is 1. The van der Waals surface area contributed by atoms with Gasteiger partial charge in [0.05, 0.1) is 7.11 Å². The number of ether oxygens (including phenoxy) is 1. The zero-order chi connectivity index (χ0) is 15.8. The summed E-state index contributed by atoms with van der Waals surface area (Å²) in [6.45, 7) is 2.92. The summed E-state index contributed by atoms with van der Waals surface area (Å²) in [4.78, 5) is 37.4. The lowest BCUT2D eigenvalue weighted by molar-refractivity contribution is -0.143. The third-order valence-corrected chi connectivity index (χ3v) is 3.52. The number of nitrogen functional groups attached to an aromatic ring is 1. The van der Waals surface area contributed by atoms with Gasteiger partial charge in [0.15, 0.2) is 0 Å². The highest BCUT2D eigenvalue weighted by atomic mass is 16.5. The number of amides is 3. The number of nitrogens with zero attached hydrogens (tertiary/aromatic N) is 1. The van der Waals surface area contributed by atoms with Crippen LogP contribution in [0.5, 0.6) is 5.75 Å². The molecular formula is C14H17N3O4. The molecule has 3 N–H and O–H groups in total. The Bertz CT molecular complexity index is 625. The smallest absolute Gasteiger partial charge is 0.261 e. The Morgan fingerprint density at radius 1 is 1.38 bits per heavy atom. The number of hydrogen-bond acceptors (Lipinski definition) is 5. The minimum atomic E-state index is -1.15. The molecule has 1 aliphatic rings. The lowest BCUT2D eigenvalue weighted by atomic mass is 9.96. The summed E-state index contributed by atoms with van der Waals surface area (Å²) in [7, 11) is 1.42. The van der Waals surface area contributed by atoms with Gasteiger partial charge in [-0.15, -0.1) is 0 Å².